The van der Waals surface area contributed by atoms with Crippen molar-refractivity contribution in [1.29, 1.82) is 0 Å². The summed E-state index contributed by atoms with van der Waals surface area (Å²) in [5.74, 6) is -0.724. The van der Waals surface area contributed by atoms with E-state index in [4.69, 9.17) is 5.73 Å². The summed E-state index contributed by atoms with van der Waals surface area (Å²) in [6.45, 7) is 11.5. The third-order valence-electron chi connectivity index (χ3n) is 6.70. The Hall–Kier alpha value is -1.99. The van der Waals surface area contributed by atoms with Crippen LogP contribution in [0.4, 0.5) is 4.39 Å². The summed E-state index contributed by atoms with van der Waals surface area (Å²) in [6, 6.07) is 7.28. The van der Waals surface area contributed by atoms with Crippen molar-refractivity contribution >= 4 is 37.5 Å². The lowest BCUT2D eigenvalue weighted by molar-refractivity contribution is 0.0993. The summed E-state index contributed by atoms with van der Waals surface area (Å²) in [5, 5.41) is 2.49. The van der Waals surface area contributed by atoms with E-state index in [1.807, 2.05) is 25.1 Å². The average molecular weight is 381 g/mol. The molecule has 2 aromatic rings. The normalized spacial score (nSPS) is 18.6. The number of hydrogen-bond donors (Lipinski definition) is 0. The molecule has 0 unspecified atom stereocenters. The van der Waals surface area contributed by atoms with Crippen LogP contribution in [0.15, 0.2) is 29.8 Å². The van der Waals surface area contributed by atoms with Crippen molar-refractivity contribution in [3.63, 3.8) is 0 Å². The Balaban J connectivity index is 2.05. The van der Waals surface area contributed by atoms with Gasteiger partial charge in [-0.25, -0.2) is 4.39 Å². The predicted octanol–water partition coefficient (Wildman–Crippen LogP) is 3.80. The molecule has 0 fully saturated rings. The van der Waals surface area contributed by atoms with Crippen LogP contribution in [0.2, 0.25) is 26.2 Å². The molecule has 2 aromatic carbocycles. The Bertz CT molecular complexity index is 1020. The average Bonchev–Trinajstić information content (AvgIpc) is 2.96. The largest absolute Gasteiger partial charge is 0.269 e. The van der Waals surface area contributed by atoms with Gasteiger partial charge in [0.25, 0.3) is 5.91 Å². The van der Waals surface area contributed by atoms with E-state index >= 15 is 0 Å². The minimum atomic E-state index is -1.71. The van der Waals surface area contributed by atoms with Crippen molar-refractivity contribution in [1.82, 2.24) is 5.73 Å². The molecule has 5 heteroatoms. The highest BCUT2D eigenvalue weighted by Gasteiger charge is 2.57. The molecule has 2 aliphatic rings. The maximum absolute atomic E-state index is 14.3. The van der Waals surface area contributed by atoms with Crippen LogP contribution in [-0.4, -0.2) is 21.1 Å². The molecule has 0 spiro atoms. The number of rotatable bonds is 2. The molecule has 2 nitrogen and oxygen atoms in total. The van der Waals surface area contributed by atoms with Gasteiger partial charge in [0.1, 0.15) is 5.82 Å². The van der Waals surface area contributed by atoms with Crippen molar-refractivity contribution < 1.29 is 9.18 Å². The van der Waals surface area contributed by atoms with Crippen LogP contribution >= 0.6 is 0 Å². The first kappa shape index (κ1) is 17.4. The minimum Gasteiger partial charge on any atom is -0.267 e. The molecule has 1 radical (unpaired) electrons. The Morgan fingerprint density at radius 2 is 1.62 bits per heavy atom. The Kier molecular flexibility index (Phi) is 3.53. The summed E-state index contributed by atoms with van der Waals surface area (Å²) >= 11 is 0. The first-order valence-corrected chi connectivity index (χ1v) is 16.0. The molecule has 0 saturated carbocycles. The summed E-state index contributed by atoms with van der Waals surface area (Å²) < 4.78 is 14.3. The number of halogens is 1. The molecular formula is C21H23FNOSi2. The van der Waals surface area contributed by atoms with E-state index in [1.54, 1.807) is 6.07 Å². The highest BCUT2D eigenvalue weighted by Crippen LogP contribution is 2.39. The zero-order valence-electron chi connectivity index (χ0n) is 15.9. The van der Waals surface area contributed by atoms with Crippen molar-refractivity contribution in [3.8, 4) is 11.1 Å². The topological polar surface area (TPSA) is 40.9 Å². The van der Waals surface area contributed by atoms with Crippen LogP contribution in [-0.2, 0) is 6.42 Å². The molecule has 1 aliphatic heterocycles. The monoisotopic (exact) mass is 380 g/mol. The van der Waals surface area contributed by atoms with Crippen LogP contribution in [0.3, 0.4) is 0 Å². The van der Waals surface area contributed by atoms with Crippen molar-refractivity contribution in [3.05, 3.63) is 52.3 Å². The van der Waals surface area contributed by atoms with Crippen molar-refractivity contribution in [2.45, 2.75) is 39.5 Å². The second-order valence-electron chi connectivity index (χ2n) is 8.64. The Morgan fingerprint density at radius 1 is 1.00 bits per heavy atom. The predicted molar refractivity (Wildman–Crippen MR) is 111 cm³/mol. The van der Waals surface area contributed by atoms with Gasteiger partial charge in [-0.1, -0.05) is 55.2 Å². The second kappa shape index (κ2) is 5.27. The molecule has 133 valence electrons. The minimum absolute atomic E-state index is 0.139. The van der Waals surface area contributed by atoms with Gasteiger partial charge in [0.05, 0.1) is 15.2 Å². The lowest BCUT2D eigenvalue weighted by Crippen LogP contribution is -2.86. The zero-order chi connectivity index (χ0) is 19.0. The molecule has 0 atom stereocenters. The van der Waals surface area contributed by atoms with E-state index in [1.165, 1.54) is 15.9 Å². The number of allylic oxidation sites excluding steroid dienone is 1. The van der Waals surface area contributed by atoms with E-state index < -0.39 is 21.1 Å². The summed E-state index contributed by atoms with van der Waals surface area (Å²) in [6.07, 6.45) is 2.76. The molecule has 0 bridgehead atoms. The number of nitrogens with one attached hydrogen (secondary N) is 1. The van der Waals surface area contributed by atoms with Crippen LogP contribution in [0.25, 0.3) is 17.2 Å². The first-order chi connectivity index (χ1) is 12.1. The van der Waals surface area contributed by atoms with Gasteiger partial charge in [0.2, 0.25) is 0 Å². The van der Waals surface area contributed by atoms with Gasteiger partial charge in [-0.2, -0.15) is 0 Å². The van der Waals surface area contributed by atoms with Crippen LogP contribution in [0, 0.1) is 5.82 Å². The number of hydrogen-bond acceptors (Lipinski definition) is 1. The van der Waals surface area contributed by atoms with Crippen LogP contribution in [0.1, 0.15) is 28.4 Å². The molecule has 26 heavy (non-hydrogen) atoms. The van der Waals surface area contributed by atoms with Gasteiger partial charge >= 0.3 is 0 Å². The van der Waals surface area contributed by atoms with E-state index in [0.717, 1.165) is 22.3 Å². The lowest BCUT2D eigenvalue weighted by atomic mass is 9.95. The standard InChI is InChI=1S/C21H23FNOSi2/c1-12-10-16-13(8-9-18(22)17(16)11-12)14-6-7-15(21(23)24)20-19(14)25(2,3)26(20,4)5/h6-10,23H,11H2,1-5H3. The van der Waals surface area contributed by atoms with Gasteiger partial charge in [-0.05, 0) is 52.9 Å². The first-order valence-electron chi connectivity index (χ1n) is 9.00. The van der Waals surface area contributed by atoms with Gasteiger partial charge in [0, 0.05) is 5.56 Å². The summed E-state index contributed by atoms with van der Waals surface area (Å²) in [7, 11) is -3.39. The molecule has 1 aliphatic carbocycles. The van der Waals surface area contributed by atoms with E-state index in [0.29, 0.717) is 12.0 Å². The molecule has 1 N–H and O–H groups in total. The summed E-state index contributed by atoms with van der Waals surface area (Å²) in [4.78, 5) is 11.9. The molecule has 0 saturated heterocycles. The number of carbonyl (C=O) groups is 1. The summed E-state index contributed by atoms with van der Waals surface area (Å²) in [5.41, 5.74) is 13.4. The Labute approximate surface area is 155 Å². The van der Waals surface area contributed by atoms with Gasteiger partial charge in [-0.3, -0.25) is 10.5 Å². The lowest BCUT2D eigenvalue weighted by Gasteiger charge is -2.53. The fourth-order valence-electron chi connectivity index (χ4n) is 4.67. The highest BCUT2D eigenvalue weighted by molar-refractivity contribution is 7.57. The fraction of sp³-hybridized carbons (Fsp3) is 0.286. The number of carbonyl (C=O) groups excluding carboxylic acids is 1. The third kappa shape index (κ3) is 2.04. The third-order valence-corrected chi connectivity index (χ3v) is 24.5. The number of amides is 1. The maximum atomic E-state index is 14.3. The zero-order valence-corrected chi connectivity index (χ0v) is 17.9. The van der Waals surface area contributed by atoms with Gasteiger partial charge < -0.3 is 0 Å². The van der Waals surface area contributed by atoms with Gasteiger partial charge in [0.15, 0.2) is 0 Å². The van der Waals surface area contributed by atoms with Crippen molar-refractivity contribution in [2.24, 2.45) is 0 Å². The highest BCUT2D eigenvalue weighted by atomic mass is 29.3. The van der Waals surface area contributed by atoms with E-state index in [9.17, 15) is 9.18 Å². The Morgan fingerprint density at radius 3 is 2.27 bits per heavy atom. The van der Waals surface area contributed by atoms with Gasteiger partial charge in [-0.15, -0.1) is 0 Å². The van der Waals surface area contributed by atoms with Crippen molar-refractivity contribution in [2.75, 3.05) is 0 Å². The SMILES string of the molecule is CC1=Cc2c(-c3ccc(C([NH])=O)c4c3[Si](C)(C)[Si]4(C)C)ccc(F)c2C1. The molecular weight excluding hydrogens is 357 g/mol. The van der Waals surface area contributed by atoms with E-state index in [-0.39, 0.29) is 5.82 Å². The molecule has 0 aromatic heterocycles. The molecule has 1 amide bonds. The van der Waals surface area contributed by atoms with Crippen LogP contribution in [0.5, 0.6) is 0 Å². The fourth-order valence-corrected chi connectivity index (χ4v) is 15.5. The molecule has 4 rings (SSSR count). The van der Waals surface area contributed by atoms with E-state index in [2.05, 4.69) is 32.3 Å². The maximum Gasteiger partial charge on any atom is 0.269 e. The number of benzene rings is 2. The number of fused-ring (bicyclic) bond motifs is 2. The second-order valence-corrected chi connectivity index (χ2v) is 23.6. The quantitative estimate of drug-likeness (QED) is 0.731. The molecule has 1 heterocycles. The van der Waals surface area contributed by atoms with Crippen LogP contribution < -0.4 is 16.1 Å². The smallest absolute Gasteiger partial charge is 0.267 e.